The maximum atomic E-state index is 10.8. The van der Waals surface area contributed by atoms with Crippen molar-refractivity contribution in [3.8, 4) is 0 Å². The van der Waals surface area contributed by atoms with Crippen LogP contribution in [0.2, 0.25) is 5.02 Å². The largest absolute Gasteiger partial charge is 0.373 e. The van der Waals surface area contributed by atoms with E-state index in [0.29, 0.717) is 5.02 Å². The summed E-state index contributed by atoms with van der Waals surface area (Å²) in [6.07, 6.45) is 1.73. The maximum absolute atomic E-state index is 10.8. The van der Waals surface area contributed by atoms with Crippen molar-refractivity contribution in [2.45, 2.75) is 6.04 Å². The van der Waals surface area contributed by atoms with Crippen molar-refractivity contribution in [3.05, 3.63) is 99.3 Å². The van der Waals surface area contributed by atoms with Gasteiger partial charge in [0, 0.05) is 29.0 Å². The number of hydrogen-bond acceptors (Lipinski definition) is 4. The molecular formula is C18H14ClN3O2. The summed E-state index contributed by atoms with van der Waals surface area (Å²) in [5.41, 5.74) is 2.60. The fourth-order valence-electron chi connectivity index (χ4n) is 2.41. The third-order valence-corrected chi connectivity index (χ3v) is 3.79. The third kappa shape index (κ3) is 3.70. The molecule has 6 heteroatoms. The van der Waals surface area contributed by atoms with Gasteiger partial charge in [0.25, 0.3) is 5.69 Å². The third-order valence-electron chi connectivity index (χ3n) is 3.55. The van der Waals surface area contributed by atoms with Gasteiger partial charge in [0.05, 0.1) is 16.7 Å². The highest BCUT2D eigenvalue weighted by molar-refractivity contribution is 6.30. The molecular weight excluding hydrogens is 326 g/mol. The molecule has 0 aliphatic carbocycles. The second-order valence-electron chi connectivity index (χ2n) is 5.19. The lowest BCUT2D eigenvalue weighted by Crippen LogP contribution is -2.13. The first-order valence-corrected chi connectivity index (χ1v) is 7.68. The molecule has 3 rings (SSSR count). The number of anilines is 1. The van der Waals surface area contributed by atoms with Gasteiger partial charge in [0.1, 0.15) is 0 Å². The molecule has 0 saturated carbocycles. The minimum atomic E-state index is -0.420. The number of nitro groups is 1. The molecule has 0 radical (unpaired) electrons. The number of non-ortho nitro benzene ring substituents is 1. The van der Waals surface area contributed by atoms with E-state index in [4.69, 9.17) is 11.6 Å². The summed E-state index contributed by atoms with van der Waals surface area (Å²) in [6.45, 7) is 0. The monoisotopic (exact) mass is 339 g/mol. The van der Waals surface area contributed by atoms with Crippen molar-refractivity contribution in [2.24, 2.45) is 0 Å². The van der Waals surface area contributed by atoms with Crippen molar-refractivity contribution >= 4 is 23.0 Å². The molecule has 0 saturated heterocycles. The Morgan fingerprint density at radius 3 is 2.46 bits per heavy atom. The van der Waals surface area contributed by atoms with Crippen molar-refractivity contribution in [1.82, 2.24) is 4.98 Å². The fourth-order valence-corrected chi connectivity index (χ4v) is 2.61. The molecule has 0 aliphatic heterocycles. The predicted octanol–water partition coefficient (Wildman–Crippen LogP) is 4.84. The molecule has 3 aromatic rings. The summed E-state index contributed by atoms with van der Waals surface area (Å²) < 4.78 is 0. The van der Waals surface area contributed by atoms with E-state index in [0.717, 1.165) is 16.9 Å². The second-order valence-corrected chi connectivity index (χ2v) is 5.63. The van der Waals surface area contributed by atoms with Crippen molar-refractivity contribution in [3.63, 3.8) is 0 Å². The van der Waals surface area contributed by atoms with Crippen LogP contribution in [-0.4, -0.2) is 9.91 Å². The highest BCUT2D eigenvalue weighted by Gasteiger charge is 2.16. The average Bonchev–Trinajstić information content (AvgIpc) is 2.61. The van der Waals surface area contributed by atoms with Crippen LogP contribution in [0.4, 0.5) is 11.4 Å². The number of halogens is 1. The van der Waals surface area contributed by atoms with Gasteiger partial charge in [-0.1, -0.05) is 29.8 Å². The minimum absolute atomic E-state index is 0.0534. The van der Waals surface area contributed by atoms with Gasteiger partial charge in [-0.25, -0.2) is 0 Å². The zero-order valence-electron chi connectivity index (χ0n) is 12.6. The molecule has 0 amide bonds. The van der Waals surface area contributed by atoms with Gasteiger partial charge in [-0.05, 0) is 42.0 Å². The van der Waals surface area contributed by atoms with Crippen LogP contribution in [0.25, 0.3) is 0 Å². The normalized spacial score (nSPS) is 11.7. The number of pyridine rings is 1. The zero-order chi connectivity index (χ0) is 16.9. The standard InChI is InChI=1S/C18H14ClN3O2/c19-14-5-3-4-13(12-14)18(17-6-1-2-11-20-17)21-15-7-9-16(10-8-15)22(23)24/h1-12,18,21H. The van der Waals surface area contributed by atoms with Gasteiger partial charge in [0.2, 0.25) is 0 Å². The molecule has 0 spiro atoms. The minimum Gasteiger partial charge on any atom is -0.373 e. The molecule has 1 N–H and O–H groups in total. The highest BCUT2D eigenvalue weighted by Crippen LogP contribution is 2.28. The summed E-state index contributed by atoms with van der Waals surface area (Å²) in [4.78, 5) is 14.8. The quantitative estimate of drug-likeness (QED) is 0.533. The van der Waals surface area contributed by atoms with E-state index in [2.05, 4.69) is 10.3 Å². The average molecular weight is 340 g/mol. The van der Waals surface area contributed by atoms with Gasteiger partial charge in [-0.3, -0.25) is 15.1 Å². The maximum Gasteiger partial charge on any atom is 0.269 e. The number of nitro benzene ring substituents is 1. The van der Waals surface area contributed by atoms with Gasteiger partial charge in [0.15, 0.2) is 0 Å². The molecule has 0 aliphatic rings. The van der Waals surface area contributed by atoms with E-state index in [1.807, 2.05) is 42.5 Å². The van der Waals surface area contributed by atoms with Gasteiger partial charge in [-0.2, -0.15) is 0 Å². The van der Waals surface area contributed by atoms with E-state index >= 15 is 0 Å². The summed E-state index contributed by atoms with van der Waals surface area (Å²) in [6, 6.07) is 19.3. The Balaban J connectivity index is 1.94. The molecule has 1 heterocycles. The second kappa shape index (κ2) is 7.10. The van der Waals surface area contributed by atoms with Gasteiger partial charge >= 0.3 is 0 Å². The Morgan fingerprint density at radius 2 is 1.83 bits per heavy atom. The van der Waals surface area contributed by atoms with Crippen LogP contribution < -0.4 is 5.32 Å². The molecule has 1 atom stereocenters. The van der Waals surface area contributed by atoms with Crippen LogP contribution in [0.3, 0.4) is 0 Å². The van der Waals surface area contributed by atoms with Crippen LogP contribution in [0.15, 0.2) is 72.9 Å². The Bertz CT molecular complexity index is 838. The van der Waals surface area contributed by atoms with Crippen LogP contribution in [-0.2, 0) is 0 Å². The van der Waals surface area contributed by atoms with Crippen LogP contribution in [0, 0.1) is 10.1 Å². The summed E-state index contributed by atoms with van der Waals surface area (Å²) in [7, 11) is 0. The molecule has 24 heavy (non-hydrogen) atoms. The van der Waals surface area contributed by atoms with Crippen molar-refractivity contribution in [1.29, 1.82) is 0 Å². The van der Waals surface area contributed by atoms with Crippen LogP contribution in [0.5, 0.6) is 0 Å². The predicted molar refractivity (Wildman–Crippen MR) is 94.3 cm³/mol. The van der Waals surface area contributed by atoms with E-state index < -0.39 is 4.92 Å². The molecule has 5 nitrogen and oxygen atoms in total. The van der Waals surface area contributed by atoms with Crippen molar-refractivity contribution < 1.29 is 4.92 Å². The van der Waals surface area contributed by atoms with E-state index in [9.17, 15) is 10.1 Å². The Morgan fingerprint density at radius 1 is 1.04 bits per heavy atom. The SMILES string of the molecule is O=[N+]([O-])c1ccc(NC(c2cccc(Cl)c2)c2ccccn2)cc1. The number of hydrogen-bond donors (Lipinski definition) is 1. The molecule has 1 unspecified atom stereocenters. The molecule has 0 fully saturated rings. The van der Waals surface area contributed by atoms with Crippen LogP contribution in [0.1, 0.15) is 17.3 Å². The molecule has 2 aromatic carbocycles. The lowest BCUT2D eigenvalue weighted by molar-refractivity contribution is -0.384. The number of aromatic nitrogens is 1. The van der Waals surface area contributed by atoms with E-state index in [1.165, 1.54) is 12.1 Å². The lowest BCUT2D eigenvalue weighted by atomic mass is 10.0. The number of benzene rings is 2. The van der Waals surface area contributed by atoms with E-state index in [1.54, 1.807) is 18.3 Å². The first-order chi connectivity index (χ1) is 11.6. The van der Waals surface area contributed by atoms with Crippen LogP contribution >= 0.6 is 11.6 Å². The summed E-state index contributed by atoms with van der Waals surface area (Å²) in [5, 5.41) is 14.8. The fraction of sp³-hybridized carbons (Fsp3) is 0.0556. The Labute approximate surface area is 144 Å². The highest BCUT2D eigenvalue weighted by atomic mass is 35.5. The Kier molecular flexibility index (Phi) is 4.72. The first-order valence-electron chi connectivity index (χ1n) is 7.31. The number of nitrogens with zero attached hydrogens (tertiary/aromatic N) is 2. The first kappa shape index (κ1) is 16.0. The summed E-state index contributed by atoms with van der Waals surface area (Å²) in [5.74, 6) is 0. The smallest absolute Gasteiger partial charge is 0.269 e. The van der Waals surface area contributed by atoms with Crippen molar-refractivity contribution in [2.75, 3.05) is 5.32 Å². The zero-order valence-corrected chi connectivity index (χ0v) is 13.4. The summed E-state index contributed by atoms with van der Waals surface area (Å²) >= 11 is 6.11. The Hall–Kier alpha value is -2.92. The molecule has 0 bridgehead atoms. The van der Waals surface area contributed by atoms with E-state index in [-0.39, 0.29) is 11.7 Å². The topological polar surface area (TPSA) is 68.1 Å². The van der Waals surface area contributed by atoms with Gasteiger partial charge in [-0.15, -0.1) is 0 Å². The number of nitrogens with one attached hydrogen (secondary N) is 1. The lowest BCUT2D eigenvalue weighted by Gasteiger charge is -2.20. The van der Waals surface area contributed by atoms with Gasteiger partial charge < -0.3 is 5.32 Å². The molecule has 120 valence electrons. The number of rotatable bonds is 5. The molecule has 1 aromatic heterocycles.